The molecule has 6 heteroatoms. The lowest BCUT2D eigenvalue weighted by Crippen LogP contribution is -2.14. The second kappa shape index (κ2) is 8.45. The summed E-state index contributed by atoms with van der Waals surface area (Å²) in [5.41, 5.74) is 4.99. The normalized spacial score (nSPS) is 10.7. The molecule has 2 aromatic carbocycles. The van der Waals surface area contributed by atoms with E-state index in [4.69, 9.17) is 0 Å². The van der Waals surface area contributed by atoms with E-state index in [1.54, 1.807) is 6.92 Å². The van der Waals surface area contributed by atoms with Crippen LogP contribution >= 0.6 is 11.8 Å². The number of hydrogen-bond acceptors (Lipinski definition) is 3. The number of aryl methyl sites for hydroxylation is 2. The minimum Gasteiger partial charge on any atom is -0.325 e. The molecule has 0 unspecified atom stereocenters. The third kappa shape index (κ3) is 4.69. The van der Waals surface area contributed by atoms with Crippen LogP contribution in [0, 0.1) is 32.4 Å². The molecule has 0 bridgehead atoms. The van der Waals surface area contributed by atoms with Gasteiger partial charge in [-0.2, -0.15) is 0 Å². The Labute approximate surface area is 156 Å². The van der Waals surface area contributed by atoms with Gasteiger partial charge in [0.05, 0.1) is 5.75 Å². The zero-order chi connectivity index (χ0) is 19.4. The quantitative estimate of drug-likeness (QED) is 0.724. The van der Waals surface area contributed by atoms with E-state index in [-0.39, 0.29) is 23.1 Å². The fourth-order valence-electron chi connectivity index (χ4n) is 3.01. The smallest absolute Gasteiger partial charge is 0.234 e. The van der Waals surface area contributed by atoms with Crippen molar-refractivity contribution in [2.75, 3.05) is 11.1 Å². The Morgan fingerprint density at radius 3 is 2.35 bits per heavy atom. The molecule has 0 aliphatic rings. The molecule has 0 heterocycles. The summed E-state index contributed by atoms with van der Waals surface area (Å²) < 4.78 is 26.1. The molecule has 3 nitrogen and oxygen atoms in total. The summed E-state index contributed by atoms with van der Waals surface area (Å²) in [6.45, 7) is 7.38. The number of rotatable bonds is 6. The molecule has 0 radical (unpaired) electrons. The van der Waals surface area contributed by atoms with Crippen LogP contribution in [0.3, 0.4) is 0 Å². The summed E-state index contributed by atoms with van der Waals surface area (Å²) in [7, 11) is 0. The van der Waals surface area contributed by atoms with Crippen LogP contribution in [0.4, 0.5) is 14.5 Å². The summed E-state index contributed by atoms with van der Waals surface area (Å²) in [5.74, 6) is -1.47. The van der Waals surface area contributed by atoms with Gasteiger partial charge < -0.3 is 5.32 Å². The molecule has 0 aliphatic carbocycles. The lowest BCUT2D eigenvalue weighted by Gasteiger charge is -2.15. The van der Waals surface area contributed by atoms with E-state index in [0.717, 1.165) is 39.9 Å². The Balaban J connectivity index is 2.01. The van der Waals surface area contributed by atoms with Crippen molar-refractivity contribution in [2.45, 2.75) is 33.4 Å². The fourth-order valence-corrected chi connectivity index (χ4v) is 4.01. The minimum atomic E-state index is -1.00. The predicted octanol–water partition coefficient (Wildman–Crippen LogP) is 4.96. The summed E-state index contributed by atoms with van der Waals surface area (Å²) >= 11 is 1.40. The van der Waals surface area contributed by atoms with Crippen molar-refractivity contribution in [3.63, 3.8) is 0 Å². The molecule has 0 fully saturated rings. The maximum absolute atomic E-state index is 13.2. The second-order valence-electron chi connectivity index (χ2n) is 6.21. The van der Waals surface area contributed by atoms with E-state index in [1.807, 2.05) is 26.8 Å². The second-order valence-corrected chi connectivity index (χ2v) is 7.20. The van der Waals surface area contributed by atoms with Gasteiger partial charge in [-0.1, -0.05) is 6.07 Å². The molecule has 0 atom stereocenters. The zero-order valence-corrected chi connectivity index (χ0v) is 16.0. The molecular formula is C20H21F2NO2S. The standard InChI is InChI=1S/C20H21F2NO2S/c1-11-7-12(2)20(14(4)24)13(3)16(11)9-26-10-19(25)23-15-5-6-17(21)18(22)8-15/h5-8H,9-10H2,1-4H3,(H,23,25). The number of hydrogen-bond donors (Lipinski definition) is 1. The van der Waals surface area contributed by atoms with Crippen LogP contribution < -0.4 is 5.32 Å². The Kier molecular flexibility index (Phi) is 6.53. The minimum absolute atomic E-state index is 0.0299. The number of carbonyl (C=O) groups is 2. The molecule has 0 aliphatic heterocycles. The summed E-state index contributed by atoms with van der Waals surface area (Å²) in [6.07, 6.45) is 0. The fraction of sp³-hybridized carbons (Fsp3) is 0.300. The number of anilines is 1. The van der Waals surface area contributed by atoms with Crippen LogP contribution in [0.5, 0.6) is 0 Å². The van der Waals surface area contributed by atoms with Gasteiger partial charge in [-0.25, -0.2) is 8.78 Å². The van der Waals surface area contributed by atoms with Crippen LogP contribution in [0.2, 0.25) is 0 Å². The van der Waals surface area contributed by atoms with Crippen molar-refractivity contribution in [1.82, 2.24) is 0 Å². The van der Waals surface area contributed by atoms with Gasteiger partial charge in [0.25, 0.3) is 0 Å². The highest BCUT2D eigenvalue weighted by Gasteiger charge is 2.15. The van der Waals surface area contributed by atoms with Crippen molar-refractivity contribution in [3.05, 3.63) is 63.7 Å². The first-order valence-corrected chi connectivity index (χ1v) is 9.29. The Morgan fingerprint density at radius 2 is 1.73 bits per heavy atom. The van der Waals surface area contributed by atoms with Gasteiger partial charge in [-0.05, 0) is 62.1 Å². The molecule has 1 N–H and O–H groups in total. The van der Waals surface area contributed by atoms with Gasteiger partial charge >= 0.3 is 0 Å². The first-order chi connectivity index (χ1) is 12.2. The number of carbonyl (C=O) groups excluding carboxylic acids is 2. The van der Waals surface area contributed by atoms with E-state index < -0.39 is 11.6 Å². The Bertz CT molecular complexity index is 865. The lowest BCUT2D eigenvalue weighted by atomic mass is 9.92. The highest BCUT2D eigenvalue weighted by Crippen LogP contribution is 2.26. The number of Topliss-reactive ketones (excluding diaryl/α,β-unsaturated/α-hetero) is 1. The van der Waals surface area contributed by atoms with Crippen LogP contribution in [0.1, 0.15) is 39.5 Å². The van der Waals surface area contributed by atoms with Crippen LogP contribution in [0.15, 0.2) is 24.3 Å². The molecule has 138 valence electrons. The molecule has 2 aromatic rings. The lowest BCUT2D eigenvalue weighted by molar-refractivity contribution is -0.113. The van der Waals surface area contributed by atoms with E-state index in [2.05, 4.69) is 5.32 Å². The number of benzene rings is 2. The molecular weight excluding hydrogens is 356 g/mol. The first-order valence-electron chi connectivity index (χ1n) is 8.14. The summed E-state index contributed by atoms with van der Waals surface area (Å²) in [4.78, 5) is 23.9. The third-order valence-electron chi connectivity index (χ3n) is 4.17. The maximum Gasteiger partial charge on any atom is 0.234 e. The molecule has 0 saturated heterocycles. The number of amides is 1. The van der Waals surface area contributed by atoms with Crippen molar-refractivity contribution in [3.8, 4) is 0 Å². The molecule has 26 heavy (non-hydrogen) atoms. The largest absolute Gasteiger partial charge is 0.325 e. The van der Waals surface area contributed by atoms with E-state index in [9.17, 15) is 18.4 Å². The van der Waals surface area contributed by atoms with Crippen molar-refractivity contribution < 1.29 is 18.4 Å². The van der Waals surface area contributed by atoms with E-state index in [0.29, 0.717) is 5.75 Å². The van der Waals surface area contributed by atoms with Crippen molar-refractivity contribution in [1.29, 1.82) is 0 Å². The zero-order valence-electron chi connectivity index (χ0n) is 15.2. The number of ketones is 1. The number of thioether (sulfide) groups is 1. The monoisotopic (exact) mass is 377 g/mol. The van der Waals surface area contributed by atoms with Crippen LogP contribution in [0.25, 0.3) is 0 Å². The first kappa shape index (κ1) is 20.1. The molecule has 2 rings (SSSR count). The van der Waals surface area contributed by atoms with Gasteiger partial charge in [-0.15, -0.1) is 11.8 Å². The number of halogens is 2. The summed E-state index contributed by atoms with van der Waals surface area (Å²) in [6, 6.07) is 5.22. The van der Waals surface area contributed by atoms with Gasteiger partial charge in [0, 0.05) is 23.1 Å². The van der Waals surface area contributed by atoms with Gasteiger partial charge in [0.1, 0.15) is 0 Å². The third-order valence-corrected chi connectivity index (χ3v) is 5.13. The maximum atomic E-state index is 13.2. The van der Waals surface area contributed by atoms with Crippen LogP contribution in [-0.2, 0) is 10.5 Å². The molecule has 0 saturated carbocycles. The SMILES string of the molecule is CC(=O)c1c(C)cc(C)c(CSCC(=O)Nc2ccc(F)c(F)c2)c1C. The highest BCUT2D eigenvalue weighted by molar-refractivity contribution is 7.99. The highest BCUT2D eigenvalue weighted by atomic mass is 32.2. The molecule has 0 spiro atoms. The average molecular weight is 377 g/mol. The predicted molar refractivity (Wildman–Crippen MR) is 102 cm³/mol. The topological polar surface area (TPSA) is 46.2 Å². The van der Waals surface area contributed by atoms with Crippen molar-refractivity contribution >= 4 is 29.1 Å². The van der Waals surface area contributed by atoms with Gasteiger partial charge in [0.15, 0.2) is 17.4 Å². The van der Waals surface area contributed by atoms with Crippen LogP contribution in [-0.4, -0.2) is 17.4 Å². The van der Waals surface area contributed by atoms with Gasteiger partial charge in [0.2, 0.25) is 5.91 Å². The average Bonchev–Trinajstić information content (AvgIpc) is 2.53. The summed E-state index contributed by atoms with van der Waals surface area (Å²) in [5, 5.41) is 2.54. The Hall–Kier alpha value is -2.21. The van der Waals surface area contributed by atoms with Gasteiger partial charge in [-0.3, -0.25) is 9.59 Å². The Morgan fingerprint density at radius 1 is 1.04 bits per heavy atom. The number of nitrogens with one attached hydrogen (secondary N) is 1. The van der Waals surface area contributed by atoms with Crippen molar-refractivity contribution in [2.24, 2.45) is 0 Å². The molecule has 0 aromatic heterocycles. The van der Waals surface area contributed by atoms with E-state index in [1.165, 1.54) is 17.8 Å². The molecule has 1 amide bonds. The van der Waals surface area contributed by atoms with E-state index >= 15 is 0 Å².